The van der Waals surface area contributed by atoms with E-state index in [9.17, 15) is 9.90 Å². The molecule has 3 aromatic rings. The van der Waals surface area contributed by atoms with Crippen LogP contribution in [0.15, 0.2) is 48.8 Å². The number of fused-ring (bicyclic) bond motifs is 1. The molecular formula is C26H29N3O5. The highest BCUT2D eigenvalue weighted by Gasteiger charge is 2.28. The van der Waals surface area contributed by atoms with Crippen molar-refractivity contribution < 1.29 is 24.1 Å². The molecule has 2 aromatic carbocycles. The smallest absolute Gasteiger partial charge is 0.231 e. The first-order valence-electron chi connectivity index (χ1n) is 11.7. The van der Waals surface area contributed by atoms with Crippen LogP contribution in [-0.4, -0.2) is 47.1 Å². The number of aromatic amines is 1. The average molecular weight is 464 g/mol. The Morgan fingerprint density at radius 1 is 1.21 bits per heavy atom. The number of hydrogen-bond donors (Lipinski definition) is 3. The third-order valence-corrected chi connectivity index (χ3v) is 6.51. The average Bonchev–Trinajstić information content (AvgIpc) is 3.39. The number of nitrogens with one attached hydrogen (secondary N) is 2. The predicted molar refractivity (Wildman–Crippen MR) is 127 cm³/mol. The number of nitrogens with zero attached hydrogens (tertiary/aromatic N) is 1. The van der Waals surface area contributed by atoms with E-state index in [1.165, 1.54) is 0 Å². The summed E-state index contributed by atoms with van der Waals surface area (Å²) in [5.74, 6) is 1.65. The molecule has 0 saturated heterocycles. The number of aromatic nitrogens is 2. The topological polar surface area (TPSA) is 106 Å². The van der Waals surface area contributed by atoms with Crippen LogP contribution in [0.25, 0.3) is 11.1 Å². The summed E-state index contributed by atoms with van der Waals surface area (Å²) in [6.45, 7) is 0.309. The van der Waals surface area contributed by atoms with Gasteiger partial charge >= 0.3 is 0 Å². The van der Waals surface area contributed by atoms with E-state index in [1.54, 1.807) is 13.3 Å². The minimum Gasteiger partial charge on any atom is -0.497 e. The third-order valence-electron chi connectivity index (χ3n) is 6.51. The quantitative estimate of drug-likeness (QED) is 0.511. The van der Waals surface area contributed by atoms with E-state index in [2.05, 4.69) is 15.5 Å². The van der Waals surface area contributed by atoms with Crippen LogP contribution in [0.3, 0.4) is 0 Å². The Morgan fingerprint density at radius 2 is 2.12 bits per heavy atom. The van der Waals surface area contributed by atoms with Crippen LogP contribution in [0, 0.1) is 5.92 Å². The van der Waals surface area contributed by atoms with Gasteiger partial charge in [0.2, 0.25) is 5.91 Å². The Bertz CT molecular complexity index is 1150. The van der Waals surface area contributed by atoms with E-state index in [1.807, 2.05) is 42.6 Å². The SMILES string of the molecule is COc1ccc2c(c1)C[C@H](C(=O)Nc1ccc(-c3cn[nH]c3)cc1O[C@H]1CCC[C@@H](O)C1)CO2. The van der Waals surface area contributed by atoms with Gasteiger partial charge in [-0.1, -0.05) is 6.07 Å². The molecule has 34 heavy (non-hydrogen) atoms. The molecule has 1 aliphatic heterocycles. The second-order valence-corrected chi connectivity index (χ2v) is 8.93. The lowest BCUT2D eigenvalue weighted by molar-refractivity contribution is -0.121. The normalized spacial score (nSPS) is 21.8. The number of benzene rings is 2. The van der Waals surface area contributed by atoms with Gasteiger partial charge in [0, 0.05) is 18.2 Å². The molecule has 0 radical (unpaired) electrons. The summed E-state index contributed by atoms with van der Waals surface area (Å²) >= 11 is 0. The Morgan fingerprint density at radius 3 is 2.91 bits per heavy atom. The summed E-state index contributed by atoms with van der Waals surface area (Å²) in [6, 6.07) is 11.3. The monoisotopic (exact) mass is 463 g/mol. The van der Waals surface area contributed by atoms with Gasteiger partial charge in [0.05, 0.1) is 31.0 Å². The van der Waals surface area contributed by atoms with Crippen LogP contribution >= 0.6 is 0 Å². The third kappa shape index (κ3) is 4.87. The zero-order valence-electron chi connectivity index (χ0n) is 19.1. The number of hydrogen-bond acceptors (Lipinski definition) is 6. The molecule has 0 unspecified atom stereocenters. The van der Waals surface area contributed by atoms with Gasteiger partial charge in [-0.15, -0.1) is 0 Å². The number of aliphatic hydroxyl groups is 1. The highest BCUT2D eigenvalue weighted by molar-refractivity contribution is 5.95. The molecule has 1 saturated carbocycles. The standard InChI is InChI=1S/C26H29N3O5/c1-32-21-6-8-24-17(10-21)9-18(15-33-24)26(31)29-23-7-5-16(19-13-27-28-14-19)11-25(23)34-22-4-2-3-20(30)12-22/h5-8,10-11,13-14,18,20,22,30H,2-4,9,12,15H2,1H3,(H,27,28)(H,29,31)/t18-,20+,22-/m0/s1. The van der Waals surface area contributed by atoms with Gasteiger partial charge in [0.1, 0.15) is 30.0 Å². The van der Waals surface area contributed by atoms with Crippen molar-refractivity contribution in [2.75, 3.05) is 19.0 Å². The van der Waals surface area contributed by atoms with E-state index in [0.29, 0.717) is 30.9 Å². The maximum Gasteiger partial charge on any atom is 0.231 e. The molecule has 8 nitrogen and oxygen atoms in total. The second kappa shape index (κ2) is 9.77. The van der Waals surface area contributed by atoms with Crippen molar-refractivity contribution >= 4 is 11.6 Å². The van der Waals surface area contributed by atoms with Gasteiger partial charge in [-0.3, -0.25) is 9.89 Å². The first kappa shape index (κ1) is 22.3. The second-order valence-electron chi connectivity index (χ2n) is 8.93. The molecule has 2 aliphatic rings. The Hall–Kier alpha value is -3.52. The maximum absolute atomic E-state index is 13.2. The van der Waals surface area contributed by atoms with Gasteiger partial charge in [-0.05, 0) is 67.1 Å². The van der Waals surface area contributed by atoms with Crippen LogP contribution in [0.2, 0.25) is 0 Å². The molecule has 0 bridgehead atoms. The number of carbonyl (C=O) groups excluding carboxylic acids is 1. The van der Waals surface area contributed by atoms with Gasteiger partial charge in [0.15, 0.2) is 0 Å². The van der Waals surface area contributed by atoms with Gasteiger partial charge < -0.3 is 24.6 Å². The summed E-state index contributed by atoms with van der Waals surface area (Å²) < 4.78 is 17.5. The van der Waals surface area contributed by atoms with Crippen molar-refractivity contribution in [1.82, 2.24) is 10.2 Å². The first-order chi connectivity index (χ1) is 16.6. The number of H-pyrrole nitrogens is 1. The molecule has 1 aliphatic carbocycles. The van der Waals surface area contributed by atoms with Crippen molar-refractivity contribution in [2.24, 2.45) is 5.92 Å². The minimum absolute atomic E-state index is 0.101. The molecular weight excluding hydrogens is 434 g/mol. The van der Waals surface area contributed by atoms with Gasteiger partial charge in [0.25, 0.3) is 0 Å². The summed E-state index contributed by atoms with van der Waals surface area (Å²) in [5, 5.41) is 20.0. The zero-order chi connectivity index (χ0) is 23.5. The molecule has 8 heteroatoms. The van der Waals surface area contributed by atoms with E-state index in [0.717, 1.165) is 47.5 Å². The molecule has 3 N–H and O–H groups in total. The van der Waals surface area contributed by atoms with Crippen LogP contribution < -0.4 is 19.5 Å². The van der Waals surface area contributed by atoms with Crippen LogP contribution in [0.4, 0.5) is 5.69 Å². The Labute approximate surface area is 198 Å². The fraction of sp³-hybridized carbons (Fsp3) is 0.385. The lowest BCUT2D eigenvalue weighted by Crippen LogP contribution is -2.33. The maximum atomic E-state index is 13.2. The van der Waals surface area contributed by atoms with Crippen molar-refractivity contribution in [1.29, 1.82) is 0 Å². The molecule has 1 fully saturated rings. The number of methoxy groups -OCH3 is 1. The number of aliphatic hydroxyl groups excluding tert-OH is 1. The largest absolute Gasteiger partial charge is 0.497 e. The summed E-state index contributed by atoms with van der Waals surface area (Å²) in [5.41, 5.74) is 3.42. The lowest BCUT2D eigenvalue weighted by Gasteiger charge is -2.28. The lowest BCUT2D eigenvalue weighted by atomic mass is 9.95. The number of rotatable bonds is 6. The van der Waals surface area contributed by atoms with Gasteiger partial charge in [-0.2, -0.15) is 5.10 Å². The summed E-state index contributed by atoms with van der Waals surface area (Å²) in [4.78, 5) is 13.2. The molecule has 5 rings (SSSR count). The molecule has 0 spiro atoms. The molecule has 2 heterocycles. The predicted octanol–water partition coefficient (Wildman–Crippen LogP) is 3.96. The highest BCUT2D eigenvalue weighted by Crippen LogP contribution is 2.35. The summed E-state index contributed by atoms with van der Waals surface area (Å²) in [7, 11) is 1.62. The first-order valence-corrected chi connectivity index (χ1v) is 11.7. The summed E-state index contributed by atoms with van der Waals surface area (Å²) in [6.07, 6.45) is 6.83. The van der Waals surface area contributed by atoms with E-state index in [4.69, 9.17) is 14.2 Å². The molecule has 3 atom stereocenters. The molecule has 178 valence electrons. The fourth-order valence-corrected chi connectivity index (χ4v) is 4.62. The van der Waals surface area contributed by atoms with Crippen molar-refractivity contribution in [2.45, 2.75) is 44.3 Å². The van der Waals surface area contributed by atoms with E-state index < -0.39 is 0 Å². The van der Waals surface area contributed by atoms with Crippen LogP contribution in [-0.2, 0) is 11.2 Å². The molecule has 1 amide bonds. The van der Waals surface area contributed by atoms with Crippen LogP contribution in [0.5, 0.6) is 17.2 Å². The fourth-order valence-electron chi connectivity index (χ4n) is 4.62. The number of carbonyl (C=O) groups is 1. The Kier molecular flexibility index (Phi) is 6.40. The number of amides is 1. The Balaban J connectivity index is 1.36. The number of ether oxygens (including phenoxy) is 3. The van der Waals surface area contributed by atoms with E-state index >= 15 is 0 Å². The van der Waals surface area contributed by atoms with Crippen molar-refractivity contribution in [3.05, 3.63) is 54.4 Å². The number of anilines is 1. The highest BCUT2D eigenvalue weighted by atomic mass is 16.5. The minimum atomic E-state index is -0.356. The van der Waals surface area contributed by atoms with Crippen molar-refractivity contribution in [3.63, 3.8) is 0 Å². The van der Waals surface area contributed by atoms with Crippen molar-refractivity contribution in [3.8, 4) is 28.4 Å². The molecule has 1 aromatic heterocycles. The van der Waals surface area contributed by atoms with Gasteiger partial charge in [-0.25, -0.2) is 0 Å². The van der Waals surface area contributed by atoms with Crippen LogP contribution in [0.1, 0.15) is 31.2 Å². The van der Waals surface area contributed by atoms with E-state index in [-0.39, 0.29) is 24.0 Å². The zero-order valence-corrected chi connectivity index (χ0v) is 19.1.